The Balaban J connectivity index is 2.19. The lowest BCUT2D eigenvalue weighted by Crippen LogP contribution is -2.43. The Labute approximate surface area is 138 Å². The highest BCUT2D eigenvalue weighted by Gasteiger charge is 2.24. The molecule has 0 aromatic heterocycles. The number of hydrogen-bond acceptors (Lipinski definition) is 3. The lowest BCUT2D eigenvalue weighted by atomic mass is 10.0. The van der Waals surface area contributed by atoms with Crippen LogP contribution in [0, 0.1) is 18.6 Å². The number of rotatable bonds is 5. The molecular formula is C18H17F2NO3. The molecule has 126 valence electrons. The predicted octanol–water partition coefficient (Wildman–Crippen LogP) is 2.79. The fraction of sp³-hybridized carbons (Fsp3) is 0.222. The minimum Gasteiger partial charge on any atom is -0.467 e. The molecule has 1 N–H and O–H groups in total. The molecule has 1 atom stereocenters. The van der Waals surface area contributed by atoms with Gasteiger partial charge < -0.3 is 10.1 Å². The second-order valence-corrected chi connectivity index (χ2v) is 5.37. The van der Waals surface area contributed by atoms with Crippen molar-refractivity contribution in [3.63, 3.8) is 0 Å². The summed E-state index contributed by atoms with van der Waals surface area (Å²) >= 11 is 0. The van der Waals surface area contributed by atoms with E-state index in [0.717, 1.165) is 23.3 Å². The van der Waals surface area contributed by atoms with Crippen LogP contribution >= 0.6 is 0 Å². The second kappa shape index (κ2) is 7.68. The zero-order valence-electron chi connectivity index (χ0n) is 13.3. The molecule has 4 nitrogen and oxygen atoms in total. The molecule has 0 radical (unpaired) electrons. The highest BCUT2D eigenvalue weighted by atomic mass is 19.1. The van der Waals surface area contributed by atoms with E-state index in [4.69, 9.17) is 4.74 Å². The summed E-state index contributed by atoms with van der Waals surface area (Å²) in [6.45, 7) is 1.91. The van der Waals surface area contributed by atoms with E-state index in [0.29, 0.717) is 6.07 Å². The van der Waals surface area contributed by atoms with Crippen molar-refractivity contribution in [1.82, 2.24) is 5.32 Å². The van der Waals surface area contributed by atoms with E-state index in [2.05, 4.69) is 5.32 Å². The van der Waals surface area contributed by atoms with Crippen molar-refractivity contribution >= 4 is 11.9 Å². The molecule has 0 fully saturated rings. The molecule has 0 bridgehead atoms. The Bertz CT molecular complexity index is 762. The SMILES string of the molecule is COC(=O)[C@@H](Cc1cccc(C)c1)NC(=O)c1ccc(F)cc1F. The lowest BCUT2D eigenvalue weighted by Gasteiger charge is -2.17. The van der Waals surface area contributed by atoms with Gasteiger partial charge in [0.15, 0.2) is 0 Å². The molecule has 0 heterocycles. The van der Waals surface area contributed by atoms with Gasteiger partial charge in [-0.25, -0.2) is 13.6 Å². The molecular weight excluding hydrogens is 316 g/mol. The van der Waals surface area contributed by atoms with E-state index in [1.165, 1.54) is 7.11 Å². The third-order valence-electron chi connectivity index (χ3n) is 3.49. The standard InChI is InChI=1S/C18H17F2NO3/c1-11-4-3-5-12(8-11)9-16(18(23)24-2)21-17(22)14-7-6-13(19)10-15(14)20/h3-8,10,16H,9H2,1-2H3,(H,21,22)/t16-/m1/s1. The van der Waals surface area contributed by atoms with Crippen molar-refractivity contribution in [2.75, 3.05) is 7.11 Å². The summed E-state index contributed by atoms with van der Waals surface area (Å²) in [6.07, 6.45) is 0.197. The average molecular weight is 333 g/mol. The van der Waals surface area contributed by atoms with Gasteiger partial charge in [-0.15, -0.1) is 0 Å². The number of aryl methyl sites for hydroxylation is 1. The van der Waals surface area contributed by atoms with Crippen LogP contribution in [0.4, 0.5) is 8.78 Å². The Morgan fingerprint density at radius 2 is 1.92 bits per heavy atom. The van der Waals surface area contributed by atoms with E-state index >= 15 is 0 Å². The van der Waals surface area contributed by atoms with Gasteiger partial charge in [0.25, 0.3) is 5.91 Å². The summed E-state index contributed by atoms with van der Waals surface area (Å²) in [7, 11) is 1.20. The first-order valence-electron chi connectivity index (χ1n) is 7.30. The molecule has 2 aromatic carbocycles. The topological polar surface area (TPSA) is 55.4 Å². The summed E-state index contributed by atoms with van der Waals surface area (Å²) in [4.78, 5) is 24.1. The van der Waals surface area contributed by atoms with Crippen LogP contribution < -0.4 is 5.32 Å². The van der Waals surface area contributed by atoms with Crippen molar-refractivity contribution in [2.24, 2.45) is 0 Å². The van der Waals surface area contributed by atoms with Crippen LogP contribution in [0.2, 0.25) is 0 Å². The summed E-state index contributed by atoms with van der Waals surface area (Å²) in [5.74, 6) is -3.23. The van der Waals surface area contributed by atoms with Gasteiger partial charge in [-0.05, 0) is 24.6 Å². The molecule has 0 saturated heterocycles. The number of amides is 1. The molecule has 0 unspecified atom stereocenters. The maximum absolute atomic E-state index is 13.7. The van der Waals surface area contributed by atoms with Gasteiger partial charge in [-0.2, -0.15) is 0 Å². The van der Waals surface area contributed by atoms with Gasteiger partial charge in [0.05, 0.1) is 12.7 Å². The molecule has 2 aromatic rings. The van der Waals surface area contributed by atoms with Crippen LogP contribution in [0.5, 0.6) is 0 Å². The van der Waals surface area contributed by atoms with Gasteiger partial charge in [0.1, 0.15) is 17.7 Å². The van der Waals surface area contributed by atoms with Crippen LogP contribution in [0.25, 0.3) is 0 Å². The Kier molecular flexibility index (Phi) is 5.63. The van der Waals surface area contributed by atoms with Crippen molar-refractivity contribution in [3.05, 3.63) is 70.8 Å². The molecule has 0 saturated carbocycles. The van der Waals surface area contributed by atoms with Crippen LogP contribution in [-0.2, 0) is 16.0 Å². The number of carbonyl (C=O) groups excluding carboxylic acids is 2. The third kappa shape index (κ3) is 4.38. The molecule has 24 heavy (non-hydrogen) atoms. The number of ether oxygens (including phenoxy) is 1. The Morgan fingerprint density at radius 1 is 1.17 bits per heavy atom. The van der Waals surface area contributed by atoms with E-state index in [9.17, 15) is 18.4 Å². The number of esters is 1. The van der Waals surface area contributed by atoms with Crippen molar-refractivity contribution in [2.45, 2.75) is 19.4 Å². The molecule has 6 heteroatoms. The van der Waals surface area contributed by atoms with Crippen LogP contribution in [0.1, 0.15) is 21.5 Å². The molecule has 0 aliphatic carbocycles. The van der Waals surface area contributed by atoms with Crippen LogP contribution in [0.3, 0.4) is 0 Å². The van der Waals surface area contributed by atoms with Gasteiger partial charge in [0.2, 0.25) is 0 Å². The Morgan fingerprint density at radius 3 is 2.54 bits per heavy atom. The number of carbonyl (C=O) groups is 2. The average Bonchev–Trinajstić information content (AvgIpc) is 2.53. The Hall–Kier alpha value is -2.76. The number of nitrogens with one attached hydrogen (secondary N) is 1. The van der Waals surface area contributed by atoms with Gasteiger partial charge in [-0.3, -0.25) is 4.79 Å². The van der Waals surface area contributed by atoms with Gasteiger partial charge in [0, 0.05) is 12.5 Å². The number of methoxy groups -OCH3 is 1. The fourth-order valence-corrected chi connectivity index (χ4v) is 2.32. The van der Waals surface area contributed by atoms with Crippen LogP contribution in [-0.4, -0.2) is 25.0 Å². The quantitative estimate of drug-likeness (QED) is 0.856. The first-order valence-corrected chi connectivity index (χ1v) is 7.30. The molecule has 0 aliphatic rings. The zero-order chi connectivity index (χ0) is 17.7. The smallest absolute Gasteiger partial charge is 0.328 e. The fourth-order valence-electron chi connectivity index (χ4n) is 2.32. The first-order chi connectivity index (χ1) is 11.4. The maximum atomic E-state index is 13.7. The highest BCUT2D eigenvalue weighted by molar-refractivity contribution is 5.97. The number of halogens is 2. The third-order valence-corrected chi connectivity index (χ3v) is 3.49. The maximum Gasteiger partial charge on any atom is 0.328 e. The molecule has 0 spiro atoms. The summed E-state index contributed by atoms with van der Waals surface area (Å²) in [5.41, 5.74) is 1.49. The molecule has 0 aliphatic heterocycles. The minimum absolute atomic E-state index is 0.197. The normalized spacial score (nSPS) is 11.7. The largest absolute Gasteiger partial charge is 0.467 e. The van der Waals surface area contributed by atoms with E-state index in [-0.39, 0.29) is 12.0 Å². The van der Waals surface area contributed by atoms with E-state index < -0.39 is 29.6 Å². The van der Waals surface area contributed by atoms with Gasteiger partial charge in [-0.1, -0.05) is 29.8 Å². The lowest BCUT2D eigenvalue weighted by molar-refractivity contribution is -0.142. The summed E-state index contributed by atoms with van der Waals surface area (Å²) < 4.78 is 31.3. The monoisotopic (exact) mass is 333 g/mol. The number of benzene rings is 2. The first kappa shape index (κ1) is 17.6. The minimum atomic E-state index is -0.994. The van der Waals surface area contributed by atoms with E-state index in [1.807, 2.05) is 31.2 Å². The highest BCUT2D eigenvalue weighted by Crippen LogP contribution is 2.12. The van der Waals surface area contributed by atoms with Gasteiger partial charge >= 0.3 is 5.97 Å². The van der Waals surface area contributed by atoms with Crippen molar-refractivity contribution in [1.29, 1.82) is 0 Å². The van der Waals surface area contributed by atoms with Crippen molar-refractivity contribution < 1.29 is 23.1 Å². The molecule has 2 rings (SSSR count). The second-order valence-electron chi connectivity index (χ2n) is 5.37. The molecule has 1 amide bonds. The van der Waals surface area contributed by atoms with Crippen molar-refractivity contribution in [3.8, 4) is 0 Å². The van der Waals surface area contributed by atoms with E-state index in [1.54, 1.807) is 0 Å². The predicted molar refractivity (Wildman–Crippen MR) is 84.5 cm³/mol. The zero-order valence-corrected chi connectivity index (χ0v) is 13.3. The summed E-state index contributed by atoms with van der Waals surface area (Å²) in [6, 6.07) is 9.07. The van der Waals surface area contributed by atoms with Crippen LogP contribution in [0.15, 0.2) is 42.5 Å². The summed E-state index contributed by atoms with van der Waals surface area (Å²) in [5, 5.41) is 2.44. The number of hydrogen-bond donors (Lipinski definition) is 1.